The molecule has 1 heterocycles. The van der Waals surface area contributed by atoms with Gasteiger partial charge in [0.05, 0.1) is 12.0 Å². The molecule has 21 heavy (non-hydrogen) atoms. The molecule has 2 rings (SSSR count). The molecule has 0 aliphatic rings. The molecular weight excluding hydrogens is 278 g/mol. The van der Waals surface area contributed by atoms with Gasteiger partial charge in [-0.15, -0.1) is 0 Å². The first-order chi connectivity index (χ1) is 10.0. The lowest BCUT2D eigenvalue weighted by molar-refractivity contribution is -0.387. The van der Waals surface area contributed by atoms with Crippen molar-refractivity contribution in [1.82, 2.24) is 9.97 Å². The molecule has 0 radical (unpaired) electrons. The minimum Gasteiger partial charge on any atom is -0.497 e. The van der Waals surface area contributed by atoms with E-state index in [1.54, 1.807) is 37.5 Å². The number of H-pyrrole nitrogens is 1. The number of ether oxygens (including phenoxy) is 1. The largest absolute Gasteiger partial charge is 0.497 e. The van der Waals surface area contributed by atoms with Gasteiger partial charge in [-0.2, -0.15) is 4.98 Å². The molecule has 2 N–H and O–H groups in total. The lowest BCUT2D eigenvalue weighted by Crippen LogP contribution is -2.14. The highest BCUT2D eigenvalue weighted by molar-refractivity contribution is 5.67. The molecule has 0 bridgehead atoms. The summed E-state index contributed by atoms with van der Waals surface area (Å²) in [6, 6.07) is 7.06. The molecule has 108 valence electrons. The van der Waals surface area contributed by atoms with Crippen LogP contribution < -0.4 is 10.3 Å². The average molecular weight is 289 g/mol. The lowest BCUT2D eigenvalue weighted by atomic mass is 10.2. The van der Waals surface area contributed by atoms with Crippen LogP contribution in [0, 0.1) is 10.1 Å². The van der Waals surface area contributed by atoms with Gasteiger partial charge in [0, 0.05) is 0 Å². The van der Waals surface area contributed by atoms with Gasteiger partial charge in [0.15, 0.2) is 0 Å². The van der Waals surface area contributed by atoms with Crippen molar-refractivity contribution in [2.24, 2.45) is 0 Å². The van der Waals surface area contributed by atoms with Crippen LogP contribution in [-0.4, -0.2) is 27.1 Å². The maximum atomic E-state index is 11.4. The number of methoxy groups -OCH3 is 1. The van der Waals surface area contributed by atoms with Gasteiger partial charge < -0.3 is 14.8 Å². The summed E-state index contributed by atoms with van der Waals surface area (Å²) >= 11 is 0. The van der Waals surface area contributed by atoms with E-state index in [4.69, 9.17) is 4.74 Å². The fourth-order valence-electron chi connectivity index (χ4n) is 1.61. The normalized spacial score (nSPS) is 10.7. The van der Waals surface area contributed by atoms with E-state index in [2.05, 4.69) is 9.97 Å². The highest BCUT2D eigenvalue weighted by atomic mass is 16.6. The molecule has 0 saturated carbocycles. The van der Waals surface area contributed by atoms with Crippen LogP contribution in [-0.2, 0) is 0 Å². The first kappa shape index (κ1) is 14.3. The molecule has 0 saturated heterocycles. The van der Waals surface area contributed by atoms with Crippen molar-refractivity contribution in [2.75, 3.05) is 7.11 Å². The Kier molecular flexibility index (Phi) is 3.98. The summed E-state index contributed by atoms with van der Waals surface area (Å²) in [5, 5.41) is 19.9. The quantitative estimate of drug-likeness (QED) is 0.651. The van der Waals surface area contributed by atoms with Gasteiger partial charge in [-0.1, -0.05) is 18.2 Å². The number of nitrogens with one attached hydrogen (secondary N) is 1. The summed E-state index contributed by atoms with van der Waals surface area (Å²) in [6.45, 7) is 0. The Morgan fingerprint density at radius 1 is 1.33 bits per heavy atom. The van der Waals surface area contributed by atoms with Crippen LogP contribution in [0.3, 0.4) is 0 Å². The second-order valence-electron chi connectivity index (χ2n) is 3.99. The highest BCUT2D eigenvalue weighted by Crippen LogP contribution is 2.18. The van der Waals surface area contributed by atoms with Gasteiger partial charge >= 0.3 is 11.2 Å². The molecule has 0 aliphatic carbocycles. The number of aromatic hydroxyl groups is 1. The summed E-state index contributed by atoms with van der Waals surface area (Å²) in [5.74, 6) is -0.205. The standard InChI is InChI=1S/C13H11N3O5/c1-21-9-5-2-8(3-6-9)4-7-10-14-12(17)11(16(19)20)13(18)15-10/h2-7H,1H3,(H2,14,15,17,18). The third kappa shape index (κ3) is 3.24. The molecule has 1 aromatic carbocycles. The highest BCUT2D eigenvalue weighted by Gasteiger charge is 2.21. The fourth-order valence-corrected chi connectivity index (χ4v) is 1.61. The monoisotopic (exact) mass is 289 g/mol. The number of rotatable bonds is 4. The van der Waals surface area contributed by atoms with Crippen LogP contribution in [0.15, 0.2) is 29.1 Å². The summed E-state index contributed by atoms with van der Waals surface area (Å²) in [7, 11) is 1.55. The summed E-state index contributed by atoms with van der Waals surface area (Å²) in [4.78, 5) is 26.8. The van der Waals surface area contributed by atoms with Crippen LogP contribution in [0.25, 0.3) is 12.2 Å². The predicted octanol–water partition coefficient (Wildman–Crippen LogP) is 1.56. The van der Waals surface area contributed by atoms with Crippen LogP contribution in [0.4, 0.5) is 5.69 Å². The molecular formula is C13H11N3O5. The van der Waals surface area contributed by atoms with Gasteiger partial charge in [0.25, 0.3) is 5.88 Å². The van der Waals surface area contributed by atoms with Crippen molar-refractivity contribution in [3.05, 3.63) is 56.1 Å². The maximum Gasteiger partial charge on any atom is 0.395 e. The number of nitro groups is 1. The second kappa shape index (κ2) is 5.87. The third-order valence-electron chi connectivity index (χ3n) is 2.63. The van der Waals surface area contributed by atoms with E-state index >= 15 is 0 Å². The Morgan fingerprint density at radius 2 is 2.00 bits per heavy atom. The molecule has 0 aliphatic heterocycles. The topological polar surface area (TPSA) is 118 Å². The fraction of sp³-hybridized carbons (Fsp3) is 0.0769. The number of aromatic nitrogens is 2. The van der Waals surface area contributed by atoms with Crippen LogP contribution in [0.5, 0.6) is 11.6 Å². The summed E-state index contributed by atoms with van der Waals surface area (Å²) in [6.07, 6.45) is 3.05. The molecule has 0 unspecified atom stereocenters. The molecule has 0 fully saturated rings. The summed E-state index contributed by atoms with van der Waals surface area (Å²) in [5.41, 5.74) is -1.19. The molecule has 0 spiro atoms. The number of aromatic amines is 1. The smallest absolute Gasteiger partial charge is 0.395 e. The van der Waals surface area contributed by atoms with E-state index in [0.717, 1.165) is 5.56 Å². The predicted molar refractivity (Wildman–Crippen MR) is 75.1 cm³/mol. The van der Waals surface area contributed by atoms with Crippen molar-refractivity contribution in [2.45, 2.75) is 0 Å². The van der Waals surface area contributed by atoms with E-state index in [9.17, 15) is 20.0 Å². The van der Waals surface area contributed by atoms with E-state index in [1.165, 1.54) is 6.08 Å². The van der Waals surface area contributed by atoms with Crippen molar-refractivity contribution < 1.29 is 14.8 Å². The van der Waals surface area contributed by atoms with Crippen LogP contribution in [0.2, 0.25) is 0 Å². The van der Waals surface area contributed by atoms with E-state index < -0.39 is 22.0 Å². The van der Waals surface area contributed by atoms with Crippen LogP contribution in [0.1, 0.15) is 11.4 Å². The molecule has 2 aromatic rings. The molecule has 8 heteroatoms. The van der Waals surface area contributed by atoms with E-state index in [0.29, 0.717) is 5.75 Å². The molecule has 0 atom stereocenters. The third-order valence-corrected chi connectivity index (χ3v) is 2.63. The Balaban J connectivity index is 2.29. The average Bonchev–Trinajstić information content (AvgIpc) is 2.44. The number of benzene rings is 1. The molecule has 1 aromatic heterocycles. The summed E-state index contributed by atoms with van der Waals surface area (Å²) < 4.78 is 5.02. The lowest BCUT2D eigenvalue weighted by Gasteiger charge is -1.99. The van der Waals surface area contributed by atoms with Crippen molar-refractivity contribution in [3.8, 4) is 11.6 Å². The minimum absolute atomic E-state index is 0.0129. The van der Waals surface area contributed by atoms with Crippen LogP contribution >= 0.6 is 0 Å². The Bertz CT molecular complexity index is 749. The van der Waals surface area contributed by atoms with E-state index in [-0.39, 0.29) is 5.82 Å². The van der Waals surface area contributed by atoms with Gasteiger partial charge in [0.1, 0.15) is 11.6 Å². The zero-order chi connectivity index (χ0) is 15.4. The Hall–Kier alpha value is -3.16. The zero-order valence-electron chi connectivity index (χ0n) is 10.9. The van der Waals surface area contributed by atoms with Gasteiger partial charge in [0.2, 0.25) is 0 Å². The Morgan fingerprint density at radius 3 is 2.52 bits per heavy atom. The van der Waals surface area contributed by atoms with Crippen molar-refractivity contribution in [3.63, 3.8) is 0 Å². The number of hydrogen-bond acceptors (Lipinski definition) is 6. The SMILES string of the molecule is COc1ccc(C=Cc2nc(O)c([N+](=O)[O-])c(=O)[nH]2)cc1. The first-order valence-electron chi connectivity index (χ1n) is 5.81. The van der Waals surface area contributed by atoms with E-state index in [1.807, 2.05) is 0 Å². The molecule has 0 amide bonds. The Labute approximate surface area is 118 Å². The van der Waals surface area contributed by atoms with Crippen molar-refractivity contribution >= 4 is 17.8 Å². The van der Waals surface area contributed by atoms with Crippen molar-refractivity contribution in [1.29, 1.82) is 0 Å². The second-order valence-corrected chi connectivity index (χ2v) is 3.99. The minimum atomic E-state index is -1.01. The number of hydrogen-bond donors (Lipinski definition) is 2. The zero-order valence-corrected chi connectivity index (χ0v) is 10.9. The first-order valence-corrected chi connectivity index (χ1v) is 5.81. The van der Waals surface area contributed by atoms with Gasteiger partial charge in [-0.05, 0) is 23.8 Å². The number of nitrogens with zero attached hydrogens (tertiary/aromatic N) is 2. The van der Waals surface area contributed by atoms with Gasteiger partial charge in [-0.25, -0.2) is 0 Å². The van der Waals surface area contributed by atoms with Gasteiger partial charge in [-0.3, -0.25) is 14.9 Å². The molecule has 8 nitrogen and oxygen atoms in total. The maximum absolute atomic E-state index is 11.4.